The molecule has 2 aromatic carbocycles. The van der Waals surface area contributed by atoms with Crippen LogP contribution in [0, 0.1) is 12.8 Å². The van der Waals surface area contributed by atoms with Crippen molar-refractivity contribution in [2.75, 3.05) is 31.0 Å². The molecule has 4 rings (SSSR count). The Morgan fingerprint density at radius 2 is 1.94 bits per heavy atom. The third kappa shape index (κ3) is 4.32. The standard InChI is InChI=1S/C26H33N5O3/c1-7-26(13-16(2)3)14-31(25(32)30-26)21-11-18-20(12-23(21)34-6)27-15-28-24(18)29-19-9-8-10-22(33-5)17(19)4/h8-12,15-16H,7,13-14H2,1-6H3,(H,30,32)(H,27,28,29). The molecule has 1 atom stereocenters. The Morgan fingerprint density at radius 1 is 1.18 bits per heavy atom. The van der Waals surface area contributed by atoms with Gasteiger partial charge in [-0.05, 0) is 43.9 Å². The van der Waals surface area contributed by atoms with Crippen LogP contribution >= 0.6 is 0 Å². The summed E-state index contributed by atoms with van der Waals surface area (Å²) in [7, 11) is 3.27. The highest BCUT2D eigenvalue weighted by Gasteiger charge is 2.43. The van der Waals surface area contributed by atoms with Crippen LogP contribution in [0.2, 0.25) is 0 Å². The largest absolute Gasteiger partial charge is 0.496 e. The van der Waals surface area contributed by atoms with Crippen molar-refractivity contribution in [2.45, 2.75) is 46.1 Å². The Kier molecular flexibility index (Phi) is 6.50. The molecule has 2 amide bonds. The van der Waals surface area contributed by atoms with Crippen LogP contribution in [-0.4, -0.2) is 42.3 Å². The number of amides is 2. The number of methoxy groups -OCH3 is 2. The summed E-state index contributed by atoms with van der Waals surface area (Å²) in [4.78, 5) is 23.8. The monoisotopic (exact) mass is 463 g/mol. The van der Waals surface area contributed by atoms with Gasteiger partial charge in [-0.3, -0.25) is 4.90 Å². The molecule has 0 radical (unpaired) electrons. The van der Waals surface area contributed by atoms with Gasteiger partial charge in [-0.1, -0.05) is 26.8 Å². The van der Waals surface area contributed by atoms with Crippen LogP contribution in [0.1, 0.15) is 39.2 Å². The second-order valence-corrected chi connectivity index (χ2v) is 9.27. The summed E-state index contributed by atoms with van der Waals surface area (Å²) in [6.45, 7) is 9.05. The fourth-order valence-corrected chi connectivity index (χ4v) is 4.79. The molecule has 1 aliphatic rings. The molecule has 2 heterocycles. The molecule has 2 N–H and O–H groups in total. The second kappa shape index (κ2) is 9.37. The van der Waals surface area contributed by atoms with Crippen molar-refractivity contribution < 1.29 is 14.3 Å². The third-order valence-corrected chi connectivity index (χ3v) is 6.54. The normalized spacial score (nSPS) is 17.9. The van der Waals surface area contributed by atoms with Crippen molar-refractivity contribution in [1.82, 2.24) is 15.3 Å². The molecule has 1 fully saturated rings. The Morgan fingerprint density at radius 3 is 2.62 bits per heavy atom. The first kappa shape index (κ1) is 23.6. The smallest absolute Gasteiger partial charge is 0.322 e. The number of nitrogens with zero attached hydrogens (tertiary/aromatic N) is 3. The van der Waals surface area contributed by atoms with Gasteiger partial charge in [0.1, 0.15) is 23.6 Å². The lowest BCUT2D eigenvalue weighted by Crippen LogP contribution is -2.43. The molecule has 0 bridgehead atoms. The lowest BCUT2D eigenvalue weighted by molar-refractivity contribution is 0.241. The average Bonchev–Trinajstić information content (AvgIpc) is 3.15. The topological polar surface area (TPSA) is 88.6 Å². The lowest BCUT2D eigenvalue weighted by atomic mass is 9.87. The van der Waals surface area contributed by atoms with Gasteiger partial charge >= 0.3 is 6.03 Å². The molecular formula is C26H33N5O3. The first-order chi connectivity index (χ1) is 16.3. The minimum Gasteiger partial charge on any atom is -0.496 e. The van der Waals surface area contributed by atoms with E-state index in [-0.39, 0.29) is 11.6 Å². The zero-order chi connectivity index (χ0) is 24.5. The number of hydrogen-bond acceptors (Lipinski definition) is 6. The van der Waals surface area contributed by atoms with E-state index in [1.54, 1.807) is 19.1 Å². The summed E-state index contributed by atoms with van der Waals surface area (Å²) in [5, 5.41) is 7.46. The highest BCUT2D eigenvalue weighted by Crippen LogP contribution is 2.39. The predicted molar refractivity (Wildman–Crippen MR) is 135 cm³/mol. The molecule has 1 aromatic heterocycles. The van der Waals surface area contributed by atoms with Gasteiger partial charge in [0.05, 0.1) is 37.5 Å². The lowest BCUT2D eigenvalue weighted by Gasteiger charge is -2.29. The summed E-state index contributed by atoms with van der Waals surface area (Å²) in [5.74, 6) is 2.50. The van der Waals surface area contributed by atoms with E-state index in [0.29, 0.717) is 29.7 Å². The average molecular weight is 464 g/mol. The zero-order valence-electron chi connectivity index (χ0n) is 20.7. The Balaban J connectivity index is 1.78. The van der Waals surface area contributed by atoms with Gasteiger partial charge in [-0.15, -0.1) is 0 Å². The van der Waals surface area contributed by atoms with Crippen molar-refractivity contribution in [1.29, 1.82) is 0 Å². The molecule has 1 aliphatic heterocycles. The number of anilines is 3. The first-order valence-corrected chi connectivity index (χ1v) is 11.6. The summed E-state index contributed by atoms with van der Waals surface area (Å²) in [6, 6.07) is 9.51. The molecule has 0 spiro atoms. The van der Waals surface area contributed by atoms with Crippen LogP contribution in [0.25, 0.3) is 10.9 Å². The van der Waals surface area contributed by atoms with Gasteiger partial charge < -0.3 is 20.1 Å². The predicted octanol–water partition coefficient (Wildman–Crippen LogP) is 5.42. The number of hydrogen-bond donors (Lipinski definition) is 2. The van der Waals surface area contributed by atoms with Gasteiger partial charge in [0.15, 0.2) is 0 Å². The maximum Gasteiger partial charge on any atom is 0.322 e. The summed E-state index contributed by atoms with van der Waals surface area (Å²) < 4.78 is 11.1. The molecule has 1 unspecified atom stereocenters. The van der Waals surface area contributed by atoms with Crippen LogP contribution in [0.15, 0.2) is 36.7 Å². The van der Waals surface area contributed by atoms with Gasteiger partial charge in [0, 0.05) is 22.7 Å². The van der Waals surface area contributed by atoms with Gasteiger partial charge in [0.2, 0.25) is 0 Å². The first-order valence-electron chi connectivity index (χ1n) is 11.6. The number of carbonyl (C=O) groups excluding carboxylic acids is 1. The van der Waals surface area contributed by atoms with Crippen molar-refractivity contribution in [3.63, 3.8) is 0 Å². The van der Waals surface area contributed by atoms with Crippen molar-refractivity contribution in [2.24, 2.45) is 5.92 Å². The Hall–Kier alpha value is -3.55. The number of carbonyl (C=O) groups is 1. The van der Waals surface area contributed by atoms with Gasteiger partial charge in [0.25, 0.3) is 0 Å². The van der Waals surface area contributed by atoms with Crippen LogP contribution in [0.5, 0.6) is 11.5 Å². The number of nitrogens with one attached hydrogen (secondary N) is 2. The molecule has 1 saturated heterocycles. The Bertz CT molecular complexity index is 1210. The molecular weight excluding hydrogens is 430 g/mol. The van der Waals surface area contributed by atoms with Crippen molar-refractivity contribution >= 4 is 34.1 Å². The Labute approximate surface area is 200 Å². The molecule has 180 valence electrons. The summed E-state index contributed by atoms with van der Waals surface area (Å²) in [5.41, 5.74) is 3.02. The van der Waals surface area contributed by atoms with E-state index in [1.807, 2.05) is 37.3 Å². The van der Waals surface area contributed by atoms with Crippen molar-refractivity contribution in [3.8, 4) is 11.5 Å². The zero-order valence-corrected chi connectivity index (χ0v) is 20.7. The third-order valence-electron chi connectivity index (χ3n) is 6.54. The number of ether oxygens (including phenoxy) is 2. The number of benzene rings is 2. The fraction of sp³-hybridized carbons (Fsp3) is 0.423. The van der Waals surface area contributed by atoms with Gasteiger partial charge in [-0.2, -0.15) is 0 Å². The summed E-state index contributed by atoms with van der Waals surface area (Å²) in [6.07, 6.45) is 3.29. The molecule has 0 saturated carbocycles. The van der Waals surface area contributed by atoms with Crippen LogP contribution < -0.4 is 25.0 Å². The van der Waals surface area contributed by atoms with Crippen LogP contribution in [0.4, 0.5) is 22.0 Å². The quantitative estimate of drug-likeness (QED) is 0.463. The maximum absolute atomic E-state index is 13.1. The minimum atomic E-state index is -0.267. The molecule has 3 aromatic rings. The van der Waals surface area contributed by atoms with E-state index < -0.39 is 0 Å². The fourth-order valence-electron chi connectivity index (χ4n) is 4.79. The molecule has 34 heavy (non-hydrogen) atoms. The highest BCUT2D eigenvalue weighted by atomic mass is 16.5. The van der Waals surface area contributed by atoms with E-state index in [1.165, 1.54) is 6.33 Å². The summed E-state index contributed by atoms with van der Waals surface area (Å²) >= 11 is 0. The number of urea groups is 1. The van der Waals surface area contributed by atoms with E-state index in [9.17, 15) is 4.79 Å². The molecule has 8 heteroatoms. The second-order valence-electron chi connectivity index (χ2n) is 9.27. The van der Waals surface area contributed by atoms with Crippen molar-refractivity contribution in [3.05, 3.63) is 42.2 Å². The van der Waals surface area contributed by atoms with E-state index in [0.717, 1.165) is 40.7 Å². The highest BCUT2D eigenvalue weighted by molar-refractivity contribution is 6.02. The molecule has 8 nitrogen and oxygen atoms in total. The number of fused-ring (bicyclic) bond motifs is 1. The van der Waals surface area contributed by atoms with E-state index in [4.69, 9.17) is 9.47 Å². The van der Waals surface area contributed by atoms with Gasteiger partial charge in [-0.25, -0.2) is 14.8 Å². The maximum atomic E-state index is 13.1. The SMILES string of the molecule is CCC1(CC(C)C)CN(c2cc3c(Nc4cccc(OC)c4C)ncnc3cc2OC)C(=O)N1. The van der Waals surface area contributed by atoms with Crippen LogP contribution in [0.3, 0.4) is 0 Å². The van der Waals surface area contributed by atoms with E-state index >= 15 is 0 Å². The number of rotatable bonds is 8. The van der Waals surface area contributed by atoms with Crippen LogP contribution in [-0.2, 0) is 0 Å². The van der Waals surface area contributed by atoms with E-state index in [2.05, 4.69) is 41.4 Å². The minimum absolute atomic E-state index is 0.116. The molecule has 0 aliphatic carbocycles. The number of aromatic nitrogens is 2.